The highest BCUT2D eigenvalue weighted by Crippen LogP contribution is 2.26. The molecule has 2 aromatic heterocycles. The van der Waals surface area contributed by atoms with Crippen molar-refractivity contribution in [1.82, 2.24) is 9.55 Å². The van der Waals surface area contributed by atoms with E-state index in [1.807, 2.05) is 36.7 Å². The fourth-order valence-electron chi connectivity index (χ4n) is 2.38. The van der Waals surface area contributed by atoms with Gasteiger partial charge >= 0.3 is 5.76 Å². The van der Waals surface area contributed by atoms with Crippen molar-refractivity contribution in [3.8, 4) is 0 Å². The molecule has 3 N–H and O–H groups in total. The van der Waals surface area contributed by atoms with Gasteiger partial charge in [-0.15, -0.1) is 0 Å². The Kier molecular flexibility index (Phi) is 2.76. The number of nitrogens with one attached hydrogen (secondary N) is 1. The third kappa shape index (κ3) is 1.88. The Morgan fingerprint density at radius 2 is 2.21 bits per heavy atom. The molecule has 5 heteroatoms. The lowest BCUT2D eigenvalue weighted by Crippen LogP contribution is -2.13. The van der Waals surface area contributed by atoms with E-state index in [1.165, 1.54) is 4.57 Å². The van der Waals surface area contributed by atoms with Crippen molar-refractivity contribution >= 4 is 11.1 Å². The van der Waals surface area contributed by atoms with Gasteiger partial charge in [0, 0.05) is 31.9 Å². The molecule has 19 heavy (non-hydrogen) atoms. The monoisotopic (exact) mass is 257 g/mol. The molecule has 5 nitrogen and oxygen atoms in total. The largest absolute Gasteiger partial charge is 0.419 e. The quantitative estimate of drug-likeness (QED) is 0.747. The van der Waals surface area contributed by atoms with E-state index in [1.54, 1.807) is 7.05 Å². The van der Waals surface area contributed by atoms with Gasteiger partial charge in [0.15, 0.2) is 5.58 Å². The molecule has 1 unspecified atom stereocenters. The summed E-state index contributed by atoms with van der Waals surface area (Å²) >= 11 is 0. The predicted molar refractivity (Wildman–Crippen MR) is 73.1 cm³/mol. The molecule has 1 aromatic carbocycles. The van der Waals surface area contributed by atoms with Gasteiger partial charge in [-0.25, -0.2) is 4.79 Å². The minimum absolute atomic E-state index is 0.112. The van der Waals surface area contributed by atoms with Gasteiger partial charge in [0.2, 0.25) is 0 Å². The zero-order valence-corrected chi connectivity index (χ0v) is 10.6. The van der Waals surface area contributed by atoms with Crippen LogP contribution < -0.4 is 11.5 Å². The normalized spacial score (nSPS) is 12.9. The molecular weight excluding hydrogens is 242 g/mol. The summed E-state index contributed by atoms with van der Waals surface area (Å²) in [6, 6.07) is 7.75. The van der Waals surface area contributed by atoms with Crippen LogP contribution >= 0.6 is 0 Å². The molecule has 2 heterocycles. The topological polar surface area (TPSA) is 76.9 Å². The average Bonchev–Trinajstić information content (AvgIpc) is 3.02. The number of hydrogen-bond acceptors (Lipinski definition) is 3. The van der Waals surface area contributed by atoms with Crippen molar-refractivity contribution in [2.24, 2.45) is 12.8 Å². The number of aryl methyl sites for hydroxylation is 1. The van der Waals surface area contributed by atoms with Gasteiger partial charge in [-0.1, -0.05) is 6.07 Å². The lowest BCUT2D eigenvalue weighted by Gasteiger charge is -2.13. The minimum atomic E-state index is -0.349. The highest BCUT2D eigenvalue weighted by molar-refractivity contribution is 5.74. The van der Waals surface area contributed by atoms with Crippen molar-refractivity contribution in [3.05, 3.63) is 58.3 Å². The summed E-state index contributed by atoms with van der Waals surface area (Å²) in [4.78, 5) is 14.5. The van der Waals surface area contributed by atoms with Gasteiger partial charge in [-0.3, -0.25) is 4.57 Å². The zero-order valence-electron chi connectivity index (χ0n) is 10.6. The van der Waals surface area contributed by atoms with Crippen LogP contribution in [0.5, 0.6) is 0 Å². The number of aromatic nitrogens is 2. The van der Waals surface area contributed by atoms with E-state index >= 15 is 0 Å². The molecule has 98 valence electrons. The average molecular weight is 257 g/mol. The summed E-state index contributed by atoms with van der Waals surface area (Å²) in [5.74, 6) is -0.237. The van der Waals surface area contributed by atoms with Gasteiger partial charge in [0.25, 0.3) is 0 Å². The van der Waals surface area contributed by atoms with Crippen molar-refractivity contribution in [2.45, 2.75) is 5.92 Å². The maximum Gasteiger partial charge on any atom is 0.419 e. The number of aromatic amines is 1. The Morgan fingerprint density at radius 3 is 2.89 bits per heavy atom. The third-order valence-corrected chi connectivity index (χ3v) is 3.48. The molecule has 0 saturated carbocycles. The van der Waals surface area contributed by atoms with Crippen molar-refractivity contribution in [2.75, 3.05) is 6.54 Å². The van der Waals surface area contributed by atoms with Gasteiger partial charge < -0.3 is 15.1 Å². The Hall–Kier alpha value is -2.27. The van der Waals surface area contributed by atoms with Crippen LogP contribution in [0.25, 0.3) is 11.1 Å². The van der Waals surface area contributed by atoms with Crippen LogP contribution in [0.3, 0.4) is 0 Å². The molecule has 0 aliphatic carbocycles. The van der Waals surface area contributed by atoms with Gasteiger partial charge in [-0.05, 0) is 29.3 Å². The molecule has 1 atom stereocenters. The summed E-state index contributed by atoms with van der Waals surface area (Å²) in [6.07, 6.45) is 3.82. The van der Waals surface area contributed by atoms with Crippen molar-refractivity contribution in [1.29, 1.82) is 0 Å². The smallest absolute Gasteiger partial charge is 0.408 e. The molecule has 3 rings (SSSR count). The van der Waals surface area contributed by atoms with Crippen LogP contribution in [-0.4, -0.2) is 16.1 Å². The van der Waals surface area contributed by atoms with Crippen molar-refractivity contribution in [3.63, 3.8) is 0 Å². The lowest BCUT2D eigenvalue weighted by atomic mass is 9.93. The van der Waals surface area contributed by atoms with Gasteiger partial charge in [0.05, 0.1) is 5.52 Å². The van der Waals surface area contributed by atoms with E-state index in [0.29, 0.717) is 12.1 Å². The second-order valence-electron chi connectivity index (χ2n) is 4.59. The van der Waals surface area contributed by atoms with Gasteiger partial charge in [-0.2, -0.15) is 0 Å². The first kappa shape index (κ1) is 11.8. The summed E-state index contributed by atoms with van der Waals surface area (Å²) < 4.78 is 6.63. The maximum absolute atomic E-state index is 11.5. The molecular formula is C14H15N3O2. The fourth-order valence-corrected chi connectivity index (χ4v) is 2.38. The number of fused-ring (bicyclic) bond motifs is 1. The zero-order chi connectivity index (χ0) is 13.4. The predicted octanol–water partition coefficient (Wildman–Crippen LogP) is 1.55. The van der Waals surface area contributed by atoms with E-state index in [4.69, 9.17) is 10.2 Å². The lowest BCUT2D eigenvalue weighted by molar-refractivity contribution is 0.528. The number of oxazole rings is 1. The maximum atomic E-state index is 11.5. The SMILES string of the molecule is Cn1c(=O)oc2ccc(C(CN)c3cc[nH]c3)cc21. The first-order valence-electron chi connectivity index (χ1n) is 6.13. The highest BCUT2D eigenvalue weighted by atomic mass is 16.4. The van der Waals surface area contributed by atoms with Crippen LogP contribution in [0, 0.1) is 0 Å². The van der Waals surface area contributed by atoms with Crippen LogP contribution in [-0.2, 0) is 7.05 Å². The summed E-state index contributed by atoms with van der Waals surface area (Å²) in [6.45, 7) is 0.509. The van der Waals surface area contributed by atoms with E-state index in [2.05, 4.69) is 4.98 Å². The van der Waals surface area contributed by atoms with E-state index in [0.717, 1.165) is 16.6 Å². The van der Waals surface area contributed by atoms with Crippen LogP contribution in [0.15, 0.2) is 45.9 Å². The number of rotatable bonds is 3. The molecule has 0 saturated heterocycles. The first-order valence-corrected chi connectivity index (χ1v) is 6.13. The molecule has 0 amide bonds. The minimum Gasteiger partial charge on any atom is -0.408 e. The van der Waals surface area contributed by atoms with E-state index in [9.17, 15) is 4.79 Å². The Balaban J connectivity index is 2.14. The van der Waals surface area contributed by atoms with Crippen LogP contribution in [0.2, 0.25) is 0 Å². The third-order valence-electron chi connectivity index (χ3n) is 3.48. The molecule has 0 bridgehead atoms. The van der Waals surface area contributed by atoms with Crippen molar-refractivity contribution < 1.29 is 4.42 Å². The summed E-state index contributed by atoms with van der Waals surface area (Å²) in [7, 11) is 1.70. The fraction of sp³-hybridized carbons (Fsp3) is 0.214. The Morgan fingerprint density at radius 1 is 1.37 bits per heavy atom. The summed E-state index contributed by atoms with van der Waals surface area (Å²) in [5.41, 5.74) is 9.47. The van der Waals surface area contributed by atoms with E-state index < -0.39 is 0 Å². The second kappa shape index (κ2) is 4.44. The first-order chi connectivity index (χ1) is 9.20. The molecule has 0 radical (unpaired) electrons. The Bertz CT molecular complexity index is 753. The molecule has 0 aliphatic rings. The number of hydrogen-bond donors (Lipinski definition) is 2. The molecule has 0 fully saturated rings. The number of nitrogens with zero attached hydrogens (tertiary/aromatic N) is 1. The number of benzene rings is 1. The highest BCUT2D eigenvalue weighted by Gasteiger charge is 2.15. The van der Waals surface area contributed by atoms with Crippen LogP contribution in [0.1, 0.15) is 17.0 Å². The number of nitrogens with two attached hydrogens (primary N) is 1. The van der Waals surface area contributed by atoms with Crippen LogP contribution in [0.4, 0.5) is 0 Å². The standard InChI is InChI=1S/C14H15N3O2/c1-17-12-6-9(2-3-13(12)19-14(17)18)11(7-15)10-4-5-16-8-10/h2-6,8,11,16H,7,15H2,1H3. The molecule has 0 spiro atoms. The summed E-state index contributed by atoms with van der Waals surface area (Å²) in [5, 5.41) is 0. The Labute approximate surface area is 109 Å². The van der Waals surface area contributed by atoms with Gasteiger partial charge in [0.1, 0.15) is 0 Å². The van der Waals surface area contributed by atoms with E-state index in [-0.39, 0.29) is 11.7 Å². The second-order valence-corrected chi connectivity index (χ2v) is 4.59. The molecule has 3 aromatic rings. The number of H-pyrrole nitrogens is 1. The molecule has 0 aliphatic heterocycles.